The van der Waals surface area contributed by atoms with E-state index in [0.29, 0.717) is 25.3 Å². The lowest BCUT2D eigenvalue weighted by molar-refractivity contribution is 0.560. The van der Waals surface area contributed by atoms with Crippen molar-refractivity contribution in [2.75, 3.05) is 10.5 Å². The number of sulfonamides is 2. The van der Waals surface area contributed by atoms with Crippen LogP contribution in [0.4, 0.5) is 10.1 Å². The van der Waals surface area contributed by atoms with Crippen LogP contribution in [0.15, 0.2) is 23.1 Å². The van der Waals surface area contributed by atoms with Crippen molar-refractivity contribution in [3.8, 4) is 6.07 Å². The second-order valence-electron chi connectivity index (χ2n) is 5.15. The van der Waals surface area contributed by atoms with E-state index in [1.54, 1.807) is 13.8 Å². The van der Waals surface area contributed by atoms with Crippen LogP contribution in [-0.2, 0) is 20.0 Å². The Morgan fingerprint density at radius 1 is 1.21 bits per heavy atom. The summed E-state index contributed by atoms with van der Waals surface area (Å²) < 4.78 is 65.9. The van der Waals surface area contributed by atoms with Gasteiger partial charge in [-0.1, -0.05) is 20.3 Å². The lowest BCUT2D eigenvalue weighted by Gasteiger charge is -2.13. The van der Waals surface area contributed by atoms with Gasteiger partial charge >= 0.3 is 0 Å². The van der Waals surface area contributed by atoms with Crippen molar-refractivity contribution in [3.63, 3.8) is 0 Å². The van der Waals surface area contributed by atoms with Crippen LogP contribution in [0.3, 0.4) is 0 Å². The summed E-state index contributed by atoms with van der Waals surface area (Å²) in [6.45, 7) is 3.47. The third-order valence-electron chi connectivity index (χ3n) is 3.02. The van der Waals surface area contributed by atoms with Crippen LogP contribution >= 0.6 is 0 Å². The van der Waals surface area contributed by atoms with Gasteiger partial charge < -0.3 is 0 Å². The number of halogens is 1. The summed E-state index contributed by atoms with van der Waals surface area (Å²) in [5, 5.41) is 8.92. The van der Waals surface area contributed by atoms with Gasteiger partial charge in [0.05, 0.1) is 22.4 Å². The molecule has 0 saturated heterocycles. The van der Waals surface area contributed by atoms with Crippen molar-refractivity contribution in [2.24, 2.45) is 0 Å². The topological polar surface area (TPSA) is 116 Å². The second-order valence-corrected chi connectivity index (χ2v) is 8.71. The Kier molecular flexibility index (Phi) is 7.13. The molecule has 2 N–H and O–H groups in total. The van der Waals surface area contributed by atoms with Gasteiger partial charge in [0.25, 0.3) is 0 Å². The maximum atomic E-state index is 14.0. The Morgan fingerprint density at radius 2 is 1.88 bits per heavy atom. The maximum Gasteiger partial charge on any atom is 0.241 e. The first kappa shape index (κ1) is 20.3. The third-order valence-corrected chi connectivity index (χ3v) is 5.97. The predicted molar refractivity (Wildman–Crippen MR) is 88.7 cm³/mol. The molecule has 0 aliphatic rings. The van der Waals surface area contributed by atoms with Crippen molar-refractivity contribution in [1.82, 2.24) is 4.72 Å². The molecule has 1 rings (SSSR count). The highest BCUT2D eigenvalue weighted by Gasteiger charge is 2.21. The highest BCUT2D eigenvalue weighted by Crippen LogP contribution is 2.20. The van der Waals surface area contributed by atoms with E-state index in [0.717, 1.165) is 12.1 Å². The van der Waals surface area contributed by atoms with E-state index in [1.807, 2.05) is 6.07 Å². The quantitative estimate of drug-likeness (QED) is 0.682. The minimum atomic E-state index is -4.08. The SMILES string of the molecule is CCC[C@H](C#N)NS(=O)(=O)c1ccc(NS(=O)(=O)CCC)c(F)c1. The standard InChI is InChI=1S/C14H20FN3O4S2/c1-3-5-11(10-16)17-24(21,22)12-6-7-14(13(15)9-12)18-23(19,20)8-4-2/h6-7,9,11,17-18H,3-5,8H2,1-2H3/t11-/m1/s1. The summed E-state index contributed by atoms with van der Waals surface area (Å²) in [7, 11) is -7.76. The van der Waals surface area contributed by atoms with Gasteiger partial charge in [-0.2, -0.15) is 9.98 Å². The normalized spacial score (nSPS) is 13.2. The zero-order valence-electron chi connectivity index (χ0n) is 13.4. The van der Waals surface area contributed by atoms with Crippen molar-refractivity contribution in [3.05, 3.63) is 24.0 Å². The van der Waals surface area contributed by atoms with Crippen LogP contribution in [0, 0.1) is 17.1 Å². The second kappa shape index (κ2) is 8.41. The van der Waals surface area contributed by atoms with Gasteiger partial charge in [-0.3, -0.25) is 4.72 Å². The van der Waals surface area contributed by atoms with E-state index in [9.17, 15) is 21.2 Å². The molecule has 0 spiro atoms. The minimum Gasteiger partial charge on any atom is -0.281 e. The molecule has 0 radical (unpaired) electrons. The molecule has 0 amide bonds. The Morgan fingerprint density at radius 3 is 2.38 bits per heavy atom. The number of nitrogens with one attached hydrogen (secondary N) is 2. The molecule has 1 aromatic rings. The van der Waals surface area contributed by atoms with Crippen LogP contribution in [0.2, 0.25) is 0 Å². The van der Waals surface area contributed by atoms with E-state index in [-0.39, 0.29) is 16.3 Å². The molecule has 0 aliphatic carbocycles. The zero-order chi connectivity index (χ0) is 18.4. The van der Waals surface area contributed by atoms with Crippen LogP contribution in [0.5, 0.6) is 0 Å². The fraction of sp³-hybridized carbons (Fsp3) is 0.500. The Bertz CT molecular complexity index is 817. The van der Waals surface area contributed by atoms with Crippen LogP contribution in [0.25, 0.3) is 0 Å². The fourth-order valence-corrected chi connectivity index (χ4v) is 4.25. The van der Waals surface area contributed by atoms with E-state index >= 15 is 0 Å². The van der Waals surface area contributed by atoms with Gasteiger partial charge in [0.2, 0.25) is 20.0 Å². The summed E-state index contributed by atoms with van der Waals surface area (Å²) in [6, 6.07) is 3.75. The molecule has 0 unspecified atom stereocenters. The highest BCUT2D eigenvalue weighted by atomic mass is 32.2. The number of rotatable bonds is 9. The van der Waals surface area contributed by atoms with E-state index in [2.05, 4.69) is 9.44 Å². The van der Waals surface area contributed by atoms with Crippen molar-refractivity contribution < 1.29 is 21.2 Å². The van der Waals surface area contributed by atoms with Crippen LogP contribution in [0.1, 0.15) is 33.1 Å². The van der Waals surface area contributed by atoms with Gasteiger partial charge in [0, 0.05) is 0 Å². The molecule has 134 valence electrons. The molecular formula is C14H20FN3O4S2. The van der Waals surface area contributed by atoms with Crippen molar-refractivity contribution in [2.45, 2.75) is 44.0 Å². The molecule has 0 heterocycles. The molecule has 1 atom stereocenters. The number of benzene rings is 1. The van der Waals surface area contributed by atoms with Gasteiger partial charge in [-0.15, -0.1) is 0 Å². The predicted octanol–water partition coefficient (Wildman–Crippen LogP) is 1.95. The number of anilines is 1. The Labute approximate surface area is 142 Å². The average molecular weight is 377 g/mol. The largest absolute Gasteiger partial charge is 0.281 e. The Hall–Kier alpha value is -1.70. The first-order valence-electron chi connectivity index (χ1n) is 7.37. The fourth-order valence-electron chi connectivity index (χ4n) is 1.93. The van der Waals surface area contributed by atoms with Crippen LogP contribution < -0.4 is 9.44 Å². The third kappa shape index (κ3) is 5.74. The van der Waals surface area contributed by atoms with Gasteiger partial charge in [0.15, 0.2) is 0 Å². The lowest BCUT2D eigenvalue weighted by Crippen LogP contribution is -2.33. The number of hydrogen-bond acceptors (Lipinski definition) is 5. The summed E-state index contributed by atoms with van der Waals surface area (Å²) in [5.74, 6) is -1.18. The molecule has 1 aromatic carbocycles. The van der Waals surface area contributed by atoms with Crippen LogP contribution in [-0.4, -0.2) is 28.6 Å². The van der Waals surface area contributed by atoms with Gasteiger partial charge in [0.1, 0.15) is 11.9 Å². The zero-order valence-corrected chi connectivity index (χ0v) is 15.0. The van der Waals surface area contributed by atoms with Gasteiger partial charge in [-0.05, 0) is 31.0 Å². The molecule has 0 aromatic heterocycles. The average Bonchev–Trinajstić information content (AvgIpc) is 2.48. The minimum absolute atomic E-state index is 0.172. The van der Waals surface area contributed by atoms with Crippen molar-refractivity contribution >= 4 is 25.7 Å². The highest BCUT2D eigenvalue weighted by molar-refractivity contribution is 7.92. The molecule has 7 nitrogen and oxygen atoms in total. The monoisotopic (exact) mass is 377 g/mol. The number of hydrogen-bond donors (Lipinski definition) is 2. The number of nitrogens with zero attached hydrogens (tertiary/aromatic N) is 1. The Balaban J connectivity index is 3.04. The van der Waals surface area contributed by atoms with E-state index in [1.165, 1.54) is 0 Å². The first-order valence-corrected chi connectivity index (χ1v) is 10.5. The molecule has 0 bridgehead atoms. The molecular weight excluding hydrogens is 357 g/mol. The molecule has 0 fully saturated rings. The number of nitriles is 1. The van der Waals surface area contributed by atoms with Crippen molar-refractivity contribution in [1.29, 1.82) is 5.26 Å². The van der Waals surface area contributed by atoms with E-state index < -0.39 is 31.9 Å². The molecule has 10 heteroatoms. The molecule has 0 aliphatic heterocycles. The first-order chi connectivity index (χ1) is 11.1. The lowest BCUT2D eigenvalue weighted by atomic mass is 10.2. The summed E-state index contributed by atoms with van der Waals surface area (Å²) in [5.41, 5.74) is -0.326. The summed E-state index contributed by atoms with van der Waals surface area (Å²) >= 11 is 0. The van der Waals surface area contributed by atoms with E-state index in [4.69, 9.17) is 5.26 Å². The molecule has 24 heavy (non-hydrogen) atoms. The summed E-state index contributed by atoms with van der Waals surface area (Å²) in [4.78, 5) is -0.380. The van der Waals surface area contributed by atoms with Gasteiger partial charge in [-0.25, -0.2) is 21.2 Å². The summed E-state index contributed by atoms with van der Waals surface area (Å²) in [6.07, 6.45) is 1.29. The maximum absolute atomic E-state index is 14.0. The molecule has 0 saturated carbocycles. The smallest absolute Gasteiger partial charge is 0.241 e.